The van der Waals surface area contributed by atoms with Crippen LogP contribution in [0.3, 0.4) is 0 Å². The van der Waals surface area contributed by atoms with Crippen LogP contribution in [0.4, 0.5) is 11.4 Å². The number of hydrogen-bond donors (Lipinski definition) is 1. The van der Waals surface area contributed by atoms with Gasteiger partial charge in [0.25, 0.3) is 0 Å². The molecule has 0 bridgehead atoms. The van der Waals surface area contributed by atoms with E-state index in [1.165, 1.54) is 21.3 Å². The highest BCUT2D eigenvalue weighted by molar-refractivity contribution is 7.92. The largest absolute Gasteiger partial charge is 0.497 e. The highest BCUT2D eigenvalue weighted by Crippen LogP contribution is 2.30. The maximum Gasteiger partial charge on any atom is 0.248 e. The number of rotatable bonds is 9. The number of methoxy groups -OCH3 is 3. The second kappa shape index (κ2) is 9.51. The van der Waals surface area contributed by atoms with Crippen LogP contribution in [-0.4, -0.2) is 48.0 Å². The van der Waals surface area contributed by atoms with Crippen LogP contribution in [0.5, 0.6) is 17.2 Å². The first-order chi connectivity index (χ1) is 13.7. The molecule has 1 unspecified atom stereocenters. The molecule has 0 aliphatic carbocycles. The average molecular weight is 423 g/mol. The zero-order chi connectivity index (χ0) is 21.6. The fraction of sp³-hybridized carbons (Fsp3) is 0.350. The van der Waals surface area contributed by atoms with E-state index in [0.717, 1.165) is 10.6 Å². The van der Waals surface area contributed by atoms with Crippen molar-refractivity contribution in [1.82, 2.24) is 0 Å². The van der Waals surface area contributed by atoms with E-state index in [1.807, 2.05) is 0 Å². The lowest BCUT2D eigenvalue weighted by Crippen LogP contribution is -2.47. The molecular formula is C20H26N2O6S. The molecule has 2 aromatic rings. The summed E-state index contributed by atoms with van der Waals surface area (Å²) in [6.45, 7) is 1.75. The Morgan fingerprint density at radius 1 is 1.00 bits per heavy atom. The molecule has 8 nitrogen and oxygen atoms in total. The Hall–Kier alpha value is -2.94. The Balaban J connectivity index is 2.35. The van der Waals surface area contributed by atoms with Crippen molar-refractivity contribution in [2.24, 2.45) is 0 Å². The van der Waals surface area contributed by atoms with Crippen molar-refractivity contribution < 1.29 is 27.4 Å². The summed E-state index contributed by atoms with van der Waals surface area (Å²) < 4.78 is 41.7. The third kappa shape index (κ3) is 5.32. The van der Waals surface area contributed by atoms with Gasteiger partial charge < -0.3 is 19.5 Å². The minimum atomic E-state index is -3.72. The molecule has 0 spiro atoms. The monoisotopic (exact) mass is 422 g/mol. The molecule has 9 heteroatoms. The third-order valence-electron chi connectivity index (χ3n) is 4.31. The smallest absolute Gasteiger partial charge is 0.248 e. The number of sulfonamides is 1. The molecule has 158 valence electrons. The molecule has 29 heavy (non-hydrogen) atoms. The summed E-state index contributed by atoms with van der Waals surface area (Å²) in [5, 5.41) is 2.76. The van der Waals surface area contributed by atoms with Crippen LogP contribution in [0.1, 0.15) is 13.3 Å². The third-order valence-corrected chi connectivity index (χ3v) is 5.49. The van der Waals surface area contributed by atoms with E-state index < -0.39 is 22.0 Å². The van der Waals surface area contributed by atoms with Crippen LogP contribution in [0.25, 0.3) is 0 Å². The molecule has 2 rings (SSSR count). The Bertz CT molecular complexity index is 944. The number of carbonyl (C=O) groups is 1. The number of carbonyl (C=O) groups excluding carboxylic acids is 1. The molecule has 1 N–H and O–H groups in total. The number of nitrogens with one attached hydrogen (secondary N) is 1. The maximum absolute atomic E-state index is 13.0. The summed E-state index contributed by atoms with van der Waals surface area (Å²) in [5.41, 5.74) is 0.844. The number of benzene rings is 2. The fourth-order valence-electron chi connectivity index (χ4n) is 2.93. The summed E-state index contributed by atoms with van der Waals surface area (Å²) in [5.74, 6) is 1.10. The standard InChI is InChI=1S/C20H26N2O6S/c1-6-17(20(23)21-14-7-12-18(27-3)19(13-14)28-4)22(29(5,24)25)15-8-10-16(26-2)11-9-15/h7-13,17H,6H2,1-5H3,(H,21,23). The molecule has 0 fully saturated rings. The lowest BCUT2D eigenvalue weighted by atomic mass is 10.1. The first kappa shape index (κ1) is 22.4. The van der Waals surface area contributed by atoms with E-state index in [9.17, 15) is 13.2 Å². The molecule has 0 aliphatic heterocycles. The topological polar surface area (TPSA) is 94.2 Å². The van der Waals surface area contributed by atoms with Crippen molar-refractivity contribution in [1.29, 1.82) is 0 Å². The predicted octanol–water partition coefficient (Wildman–Crippen LogP) is 2.90. The van der Waals surface area contributed by atoms with E-state index in [-0.39, 0.29) is 6.42 Å². The first-order valence-corrected chi connectivity index (χ1v) is 10.8. The maximum atomic E-state index is 13.0. The number of amides is 1. The van der Waals surface area contributed by atoms with Crippen molar-refractivity contribution in [3.63, 3.8) is 0 Å². The summed E-state index contributed by atoms with van der Waals surface area (Å²) in [7, 11) is 0.809. The van der Waals surface area contributed by atoms with Gasteiger partial charge in [-0.2, -0.15) is 0 Å². The van der Waals surface area contributed by atoms with Gasteiger partial charge in [0, 0.05) is 11.8 Å². The van der Waals surface area contributed by atoms with Crippen molar-refractivity contribution >= 4 is 27.3 Å². The number of hydrogen-bond acceptors (Lipinski definition) is 6. The highest BCUT2D eigenvalue weighted by atomic mass is 32.2. The van der Waals surface area contributed by atoms with Gasteiger partial charge in [0.15, 0.2) is 11.5 Å². The first-order valence-electron chi connectivity index (χ1n) is 8.91. The number of anilines is 2. The van der Waals surface area contributed by atoms with Gasteiger partial charge in [-0.1, -0.05) is 6.92 Å². The summed E-state index contributed by atoms with van der Waals surface area (Å²) >= 11 is 0. The van der Waals surface area contributed by atoms with Gasteiger partial charge in [-0.3, -0.25) is 9.10 Å². The van der Waals surface area contributed by atoms with Crippen molar-refractivity contribution in [3.05, 3.63) is 42.5 Å². The predicted molar refractivity (Wildman–Crippen MR) is 113 cm³/mol. The quantitative estimate of drug-likeness (QED) is 0.668. The van der Waals surface area contributed by atoms with E-state index >= 15 is 0 Å². The highest BCUT2D eigenvalue weighted by Gasteiger charge is 2.31. The zero-order valence-electron chi connectivity index (χ0n) is 17.1. The molecule has 1 atom stereocenters. The van der Waals surface area contributed by atoms with Crippen LogP contribution < -0.4 is 23.8 Å². The molecule has 2 aromatic carbocycles. The van der Waals surface area contributed by atoms with Gasteiger partial charge in [0.05, 0.1) is 33.3 Å². The minimum absolute atomic E-state index is 0.276. The van der Waals surface area contributed by atoms with Gasteiger partial charge >= 0.3 is 0 Å². The molecule has 0 saturated carbocycles. The molecule has 0 radical (unpaired) electrons. The van der Waals surface area contributed by atoms with E-state index in [4.69, 9.17) is 14.2 Å². The van der Waals surface area contributed by atoms with Crippen molar-refractivity contribution in [2.45, 2.75) is 19.4 Å². The number of ether oxygens (including phenoxy) is 3. The van der Waals surface area contributed by atoms with E-state index in [1.54, 1.807) is 49.4 Å². The SMILES string of the molecule is CCC(C(=O)Nc1ccc(OC)c(OC)c1)N(c1ccc(OC)cc1)S(C)(=O)=O. The minimum Gasteiger partial charge on any atom is -0.497 e. The Morgan fingerprint density at radius 2 is 1.62 bits per heavy atom. The second-order valence-electron chi connectivity index (χ2n) is 6.24. The van der Waals surface area contributed by atoms with Crippen LogP contribution in [0.15, 0.2) is 42.5 Å². The second-order valence-corrected chi connectivity index (χ2v) is 8.10. The Kier molecular flexibility index (Phi) is 7.33. The van der Waals surface area contributed by atoms with E-state index in [2.05, 4.69) is 5.32 Å². The molecule has 1 amide bonds. The summed E-state index contributed by atoms with van der Waals surface area (Å²) in [4.78, 5) is 13.0. The normalized spacial score (nSPS) is 12.0. The van der Waals surface area contributed by atoms with Gasteiger partial charge in [0.1, 0.15) is 11.8 Å². The average Bonchev–Trinajstić information content (AvgIpc) is 2.70. The molecule has 0 saturated heterocycles. The summed E-state index contributed by atoms with van der Waals surface area (Å²) in [6, 6.07) is 10.5. The molecule has 0 aromatic heterocycles. The molecular weight excluding hydrogens is 396 g/mol. The van der Waals surface area contributed by atoms with Crippen molar-refractivity contribution in [2.75, 3.05) is 37.2 Å². The van der Waals surface area contributed by atoms with Gasteiger partial charge in [-0.15, -0.1) is 0 Å². The van der Waals surface area contributed by atoms with Gasteiger partial charge in [-0.25, -0.2) is 8.42 Å². The van der Waals surface area contributed by atoms with Crippen molar-refractivity contribution in [3.8, 4) is 17.2 Å². The van der Waals surface area contributed by atoms with Gasteiger partial charge in [-0.05, 0) is 42.8 Å². The Labute approximate surface area is 171 Å². The lowest BCUT2D eigenvalue weighted by Gasteiger charge is -2.30. The number of nitrogens with zero attached hydrogens (tertiary/aromatic N) is 1. The lowest BCUT2D eigenvalue weighted by molar-refractivity contribution is -0.117. The van der Waals surface area contributed by atoms with Crippen LogP contribution in [-0.2, 0) is 14.8 Å². The fourth-order valence-corrected chi connectivity index (χ4v) is 4.14. The van der Waals surface area contributed by atoms with E-state index in [0.29, 0.717) is 28.6 Å². The zero-order valence-corrected chi connectivity index (χ0v) is 17.9. The summed E-state index contributed by atoms with van der Waals surface area (Å²) in [6.07, 6.45) is 1.35. The molecule has 0 aliphatic rings. The van der Waals surface area contributed by atoms with Gasteiger partial charge in [0.2, 0.25) is 15.9 Å². The van der Waals surface area contributed by atoms with Crippen LogP contribution in [0.2, 0.25) is 0 Å². The molecule has 0 heterocycles. The Morgan fingerprint density at radius 3 is 2.10 bits per heavy atom. The van der Waals surface area contributed by atoms with Crippen LogP contribution in [0, 0.1) is 0 Å². The van der Waals surface area contributed by atoms with Crippen LogP contribution >= 0.6 is 0 Å².